The number of carbonyl (C=O) groups is 2. The Balaban J connectivity index is 1.55. The van der Waals surface area contributed by atoms with Crippen LogP contribution in [0.4, 0.5) is 5.69 Å². The van der Waals surface area contributed by atoms with Gasteiger partial charge in [-0.05, 0) is 60.9 Å². The van der Waals surface area contributed by atoms with Gasteiger partial charge < -0.3 is 10.1 Å². The summed E-state index contributed by atoms with van der Waals surface area (Å²) >= 11 is 12.1. The Morgan fingerprint density at radius 3 is 2.56 bits per heavy atom. The number of ether oxygens (including phenoxy) is 1. The van der Waals surface area contributed by atoms with Gasteiger partial charge in [-0.1, -0.05) is 53.5 Å². The standard InChI is InChI=1S/C24H21Cl2N3O3/c1-15-5-3-8-22(16(15)2)28-23(30)24(31)29-27-13-17-6-4-7-20(11-17)32-14-18-9-10-19(25)12-21(18)26/h3-13H,14H2,1-2H3,(H,28,30)(H,29,31)/b27-13-. The van der Waals surface area contributed by atoms with Crippen molar-refractivity contribution in [3.05, 3.63) is 93.0 Å². The minimum absolute atomic E-state index is 0.270. The van der Waals surface area contributed by atoms with Gasteiger partial charge in [-0.2, -0.15) is 5.10 Å². The normalized spacial score (nSPS) is 10.8. The van der Waals surface area contributed by atoms with Gasteiger partial charge >= 0.3 is 11.8 Å². The summed E-state index contributed by atoms with van der Waals surface area (Å²) in [5.74, 6) is -1.07. The van der Waals surface area contributed by atoms with Crippen LogP contribution < -0.4 is 15.5 Å². The highest BCUT2D eigenvalue weighted by Gasteiger charge is 2.14. The van der Waals surface area contributed by atoms with E-state index < -0.39 is 11.8 Å². The highest BCUT2D eigenvalue weighted by molar-refractivity contribution is 6.39. The summed E-state index contributed by atoms with van der Waals surface area (Å²) in [5, 5.41) is 7.52. The molecule has 3 aromatic rings. The predicted molar refractivity (Wildman–Crippen MR) is 128 cm³/mol. The van der Waals surface area contributed by atoms with Gasteiger partial charge in [0.1, 0.15) is 12.4 Å². The molecule has 0 heterocycles. The van der Waals surface area contributed by atoms with Crippen LogP contribution in [0.1, 0.15) is 22.3 Å². The van der Waals surface area contributed by atoms with Crippen molar-refractivity contribution in [2.24, 2.45) is 5.10 Å². The lowest BCUT2D eigenvalue weighted by molar-refractivity contribution is -0.136. The van der Waals surface area contributed by atoms with Crippen molar-refractivity contribution in [2.45, 2.75) is 20.5 Å². The SMILES string of the molecule is Cc1cccc(NC(=O)C(=O)N/N=C\c2cccc(OCc3ccc(Cl)cc3Cl)c2)c1C. The van der Waals surface area contributed by atoms with E-state index in [1.807, 2.05) is 26.0 Å². The molecule has 0 spiro atoms. The maximum absolute atomic E-state index is 12.1. The summed E-state index contributed by atoms with van der Waals surface area (Å²) in [6.45, 7) is 4.07. The van der Waals surface area contributed by atoms with Crippen LogP contribution in [0.25, 0.3) is 0 Å². The number of benzene rings is 3. The van der Waals surface area contributed by atoms with Crippen LogP contribution in [0.15, 0.2) is 65.8 Å². The third-order valence-electron chi connectivity index (χ3n) is 4.71. The lowest BCUT2D eigenvalue weighted by Crippen LogP contribution is -2.32. The summed E-state index contributed by atoms with van der Waals surface area (Å²) in [6, 6.07) is 17.8. The molecule has 0 atom stereocenters. The number of nitrogens with one attached hydrogen (secondary N) is 2. The molecular formula is C24H21Cl2N3O3. The molecule has 0 saturated heterocycles. The van der Waals surface area contributed by atoms with Crippen molar-refractivity contribution in [1.82, 2.24) is 5.43 Å². The topological polar surface area (TPSA) is 79.8 Å². The number of anilines is 1. The number of halogens is 2. The van der Waals surface area contributed by atoms with Gasteiger partial charge in [-0.25, -0.2) is 5.43 Å². The molecule has 0 bridgehead atoms. The maximum atomic E-state index is 12.1. The molecule has 8 heteroatoms. The maximum Gasteiger partial charge on any atom is 0.329 e. The summed E-state index contributed by atoms with van der Waals surface area (Å²) < 4.78 is 5.77. The van der Waals surface area contributed by atoms with Gasteiger partial charge in [0.05, 0.1) is 6.21 Å². The number of nitrogens with zero attached hydrogens (tertiary/aromatic N) is 1. The third-order valence-corrected chi connectivity index (χ3v) is 5.29. The molecule has 0 saturated carbocycles. The molecule has 2 N–H and O–H groups in total. The molecule has 0 aliphatic carbocycles. The van der Waals surface area contributed by atoms with Crippen LogP contribution in [0.5, 0.6) is 5.75 Å². The molecule has 164 valence electrons. The van der Waals surface area contributed by atoms with E-state index in [-0.39, 0.29) is 6.61 Å². The predicted octanol–water partition coefficient (Wildman–Crippen LogP) is 5.28. The van der Waals surface area contributed by atoms with E-state index in [2.05, 4.69) is 15.8 Å². The Morgan fingerprint density at radius 1 is 1.00 bits per heavy atom. The molecule has 0 fully saturated rings. The number of hydrogen-bond donors (Lipinski definition) is 2. The van der Waals surface area contributed by atoms with E-state index in [4.69, 9.17) is 27.9 Å². The van der Waals surface area contributed by atoms with Gasteiger partial charge in [-0.3, -0.25) is 9.59 Å². The van der Waals surface area contributed by atoms with Crippen LogP contribution in [-0.2, 0) is 16.2 Å². The largest absolute Gasteiger partial charge is 0.489 e. The summed E-state index contributed by atoms with van der Waals surface area (Å²) in [7, 11) is 0. The van der Waals surface area contributed by atoms with Crippen molar-refractivity contribution >= 4 is 46.9 Å². The lowest BCUT2D eigenvalue weighted by Gasteiger charge is -2.09. The average Bonchev–Trinajstić information content (AvgIpc) is 2.76. The first-order valence-electron chi connectivity index (χ1n) is 9.71. The number of amides is 2. The number of rotatable bonds is 6. The molecule has 3 rings (SSSR count). The van der Waals surface area contributed by atoms with Crippen LogP contribution >= 0.6 is 23.2 Å². The molecule has 32 heavy (non-hydrogen) atoms. The van der Waals surface area contributed by atoms with Crippen molar-refractivity contribution in [3.63, 3.8) is 0 Å². The van der Waals surface area contributed by atoms with Crippen LogP contribution in [0.3, 0.4) is 0 Å². The molecule has 6 nitrogen and oxygen atoms in total. The van der Waals surface area contributed by atoms with E-state index in [9.17, 15) is 9.59 Å². The highest BCUT2D eigenvalue weighted by Crippen LogP contribution is 2.23. The first-order valence-corrected chi connectivity index (χ1v) is 10.5. The van der Waals surface area contributed by atoms with E-state index in [0.717, 1.165) is 16.7 Å². The second-order valence-corrected chi connectivity index (χ2v) is 7.84. The fourth-order valence-corrected chi connectivity index (χ4v) is 3.23. The molecule has 0 aliphatic rings. The summed E-state index contributed by atoms with van der Waals surface area (Å²) in [6.07, 6.45) is 1.42. The van der Waals surface area contributed by atoms with Gasteiger partial charge in [0.25, 0.3) is 0 Å². The summed E-state index contributed by atoms with van der Waals surface area (Å²) in [4.78, 5) is 24.1. The molecule has 0 aliphatic heterocycles. The smallest absolute Gasteiger partial charge is 0.329 e. The average molecular weight is 470 g/mol. The monoisotopic (exact) mass is 469 g/mol. The Kier molecular flexibility index (Phi) is 7.87. The molecular weight excluding hydrogens is 449 g/mol. The zero-order chi connectivity index (χ0) is 23.1. The van der Waals surface area contributed by atoms with Gasteiger partial charge in [0.15, 0.2) is 0 Å². The van der Waals surface area contributed by atoms with E-state index in [1.54, 1.807) is 48.5 Å². The van der Waals surface area contributed by atoms with Crippen LogP contribution in [0, 0.1) is 13.8 Å². The molecule has 2 amide bonds. The molecule has 0 radical (unpaired) electrons. The second-order valence-electron chi connectivity index (χ2n) is 7.00. The lowest BCUT2D eigenvalue weighted by atomic mass is 10.1. The van der Waals surface area contributed by atoms with Gasteiger partial charge in [-0.15, -0.1) is 0 Å². The molecule has 3 aromatic carbocycles. The highest BCUT2D eigenvalue weighted by atomic mass is 35.5. The number of carbonyl (C=O) groups excluding carboxylic acids is 2. The van der Waals surface area contributed by atoms with Crippen molar-refractivity contribution in [3.8, 4) is 5.75 Å². The van der Waals surface area contributed by atoms with Crippen LogP contribution in [-0.4, -0.2) is 18.0 Å². The fourth-order valence-electron chi connectivity index (χ4n) is 2.77. The molecule has 0 unspecified atom stereocenters. The van der Waals surface area contributed by atoms with Crippen LogP contribution in [0.2, 0.25) is 10.0 Å². The van der Waals surface area contributed by atoms with Crippen molar-refractivity contribution in [1.29, 1.82) is 0 Å². The first-order chi connectivity index (χ1) is 15.3. The number of aryl methyl sites for hydroxylation is 1. The fraction of sp³-hybridized carbons (Fsp3) is 0.125. The summed E-state index contributed by atoms with van der Waals surface area (Å²) in [5.41, 5.74) is 6.20. The van der Waals surface area contributed by atoms with E-state index in [0.29, 0.717) is 27.0 Å². The minimum Gasteiger partial charge on any atom is -0.489 e. The quantitative estimate of drug-likeness (QED) is 0.292. The molecule has 0 aromatic heterocycles. The first kappa shape index (κ1) is 23.3. The van der Waals surface area contributed by atoms with Gasteiger partial charge in [0.2, 0.25) is 0 Å². The Hall–Kier alpha value is -3.35. The third kappa shape index (κ3) is 6.33. The van der Waals surface area contributed by atoms with Gasteiger partial charge in [0, 0.05) is 21.3 Å². The Morgan fingerprint density at radius 2 is 1.78 bits per heavy atom. The Labute approximate surface area is 196 Å². The zero-order valence-corrected chi connectivity index (χ0v) is 19.0. The van der Waals surface area contributed by atoms with E-state index in [1.165, 1.54) is 6.21 Å². The van der Waals surface area contributed by atoms with Crippen molar-refractivity contribution in [2.75, 3.05) is 5.32 Å². The zero-order valence-electron chi connectivity index (χ0n) is 17.5. The minimum atomic E-state index is -0.869. The Bertz CT molecular complexity index is 1180. The number of hydrogen-bond acceptors (Lipinski definition) is 4. The van der Waals surface area contributed by atoms with Crippen molar-refractivity contribution < 1.29 is 14.3 Å². The van der Waals surface area contributed by atoms with E-state index >= 15 is 0 Å². The number of hydrazone groups is 1. The second kappa shape index (κ2) is 10.8.